The zero-order chi connectivity index (χ0) is 10.9. The van der Waals surface area contributed by atoms with Gasteiger partial charge in [0.25, 0.3) is 0 Å². The van der Waals surface area contributed by atoms with Crippen molar-refractivity contribution in [2.75, 3.05) is 5.75 Å². The predicted molar refractivity (Wildman–Crippen MR) is 57.0 cm³/mol. The Bertz CT molecular complexity index is 266. The molecule has 0 heterocycles. The average Bonchev–Trinajstić information content (AvgIpc) is 2.26. The fraction of sp³-hybridized carbons (Fsp3) is 0.889. The molecule has 4 N–H and O–H groups in total. The molecule has 3 unspecified atom stereocenters. The first-order valence-corrected chi connectivity index (χ1v) is 6.14. The highest BCUT2D eigenvalue weighted by atomic mass is 32.2. The number of carbonyl (C=O) groups is 1. The van der Waals surface area contributed by atoms with Gasteiger partial charge in [0.05, 0.1) is 5.25 Å². The Balaban J connectivity index is 2.63. The number of hydrogen-bond acceptors (Lipinski definition) is 3. The molecule has 1 amide bonds. The second-order valence-electron chi connectivity index (χ2n) is 4.58. The van der Waals surface area contributed by atoms with Crippen molar-refractivity contribution in [3.8, 4) is 0 Å². The molecule has 0 aromatic rings. The summed E-state index contributed by atoms with van der Waals surface area (Å²) < 4.78 is 11.7. The van der Waals surface area contributed by atoms with Gasteiger partial charge in [0.2, 0.25) is 5.91 Å². The van der Waals surface area contributed by atoms with Crippen LogP contribution in [0.5, 0.6) is 0 Å². The summed E-state index contributed by atoms with van der Waals surface area (Å²) in [5, 5.41) is -0.0718. The van der Waals surface area contributed by atoms with Crippen LogP contribution >= 0.6 is 0 Å². The number of nitrogens with two attached hydrogens (primary N) is 2. The molecule has 0 bridgehead atoms. The van der Waals surface area contributed by atoms with Crippen LogP contribution in [0.2, 0.25) is 0 Å². The van der Waals surface area contributed by atoms with Crippen LogP contribution in [0, 0.1) is 5.41 Å². The normalized spacial score (nSPS) is 32.8. The Morgan fingerprint density at radius 1 is 1.57 bits per heavy atom. The molecule has 3 atom stereocenters. The van der Waals surface area contributed by atoms with E-state index in [1.54, 1.807) is 0 Å². The van der Waals surface area contributed by atoms with E-state index in [0.717, 1.165) is 12.8 Å². The maximum absolute atomic E-state index is 11.7. The Kier molecular flexibility index (Phi) is 3.32. The van der Waals surface area contributed by atoms with Crippen molar-refractivity contribution in [1.82, 2.24) is 0 Å². The van der Waals surface area contributed by atoms with Gasteiger partial charge in [0.15, 0.2) is 0 Å². The summed E-state index contributed by atoms with van der Waals surface area (Å²) in [6.45, 7) is 4.14. The third-order valence-electron chi connectivity index (χ3n) is 3.00. The van der Waals surface area contributed by atoms with Crippen molar-refractivity contribution in [2.45, 2.75) is 38.0 Å². The van der Waals surface area contributed by atoms with Crippen LogP contribution in [-0.2, 0) is 15.6 Å². The Hall–Kier alpha value is -0.420. The Morgan fingerprint density at radius 3 is 2.50 bits per heavy atom. The van der Waals surface area contributed by atoms with E-state index >= 15 is 0 Å². The van der Waals surface area contributed by atoms with Crippen molar-refractivity contribution >= 4 is 16.7 Å². The number of carbonyl (C=O) groups excluding carboxylic acids is 1. The number of hydrogen-bond donors (Lipinski definition) is 2. The summed E-state index contributed by atoms with van der Waals surface area (Å²) in [5.41, 5.74) is 11.0. The lowest BCUT2D eigenvalue weighted by molar-refractivity contribution is -0.115. The molecule has 0 saturated heterocycles. The standard InChI is InChI=1S/C9H18N2O2S/c1-9(2)4-3-6(8(9)11)14(13)5-7(10)12/h6,8H,3-5,11H2,1-2H3,(H2,10,12). The fourth-order valence-corrected chi connectivity index (χ4v) is 3.48. The highest BCUT2D eigenvalue weighted by molar-refractivity contribution is 7.86. The van der Waals surface area contributed by atoms with Crippen molar-refractivity contribution in [2.24, 2.45) is 16.9 Å². The SMILES string of the molecule is CC1(C)CCC(S(=O)CC(N)=O)C1N. The van der Waals surface area contributed by atoms with Crippen molar-refractivity contribution in [1.29, 1.82) is 0 Å². The Labute approximate surface area is 86.9 Å². The molecule has 1 rings (SSSR count). The van der Waals surface area contributed by atoms with Crippen LogP contribution < -0.4 is 11.5 Å². The van der Waals surface area contributed by atoms with Crippen molar-refractivity contribution < 1.29 is 9.00 Å². The van der Waals surface area contributed by atoms with E-state index < -0.39 is 16.7 Å². The highest BCUT2D eigenvalue weighted by Crippen LogP contribution is 2.38. The molecule has 0 spiro atoms. The molecule has 0 aliphatic heterocycles. The third-order valence-corrected chi connectivity index (χ3v) is 4.77. The van der Waals surface area contributed by atoms with E-state index in [4.69, 9.17) is 11.5 Å². The van der Waals surface area contributed by atoms with Gasteiger partial charge in [-0.05, 0) is 18.3 Å². The van der Waals surface area contributed by atoms with E-state index in [0.29, 0.717) is 0 Å². The lowest BCUT2D eigenvalue weighted by Crippen LogP contribution is -2.43. The summed E-state index contributed by atoms with van der Waals surface area (Å²) >= 11 is 0. The number of amides is 1. The summed E-state index contributed by atoms with van der Waals surface area (Å²) in [5.74, 6) is -0.575. The molecule has 1 fully saturated rings. The molecule has 0 aromatic carbocycles. The lowest BCUT2D eigenvalue weighted by Gasteiger charge is -2.26. The summed E-state index contributed by atoms with van der Waals surface area (Å²) in [6, 6.07) is -0.0947. The molecule has 1 aliphatic carbocycles. The summed E-state index contributed by atoms with van der Waals surface area (Å²) in [6.07, 6.45) is 1.79. The average molecular weight is 218 g/mol. The molecule has 4 nitrogen and oxygen atoms in total. The first kappa shape index (κ1) is 11.7. The second kappa shape index (κ2) is 3.98. The van der Waals surface area contributed by atoms with E-state index in [9.17, 15) is 9.00 Å². The van der Waals surface area contributed by atoms with E-state index in [1.807, 2.05) is 0 Å². The van der Waals surface area contributed by atoms with Gasteiger partial charge in [0, 0.05) is 16.8 Å². The van der Waals surface area contributed by atoms with E-state index in [1.165, 1.54) is 0 Å². The summed E-state index contributed by atoms with van der Waals surface area (Å²) in [4.78, 5) is 10.6. The molecule has 14 heavy (non-hydrogen) atoms. The van der Waals surface area contributed by atoms with Crippen LogP contribution in [0.4, 0.5) is 0 Å². The van der Waals surface area contributed by atoms with Gasteiger partial charge in [0.1, 0.15) is 5.75 Å². The fourth-order valence-electron chi connectivity index (χ4n) is 1.91. The van der Waals surface area contributed by atoms with Crippen molar-refractivity contribution in [3.63, 3.8) is 0 Å². The third kappa shape index (κ3) is 2.33. The molecule has 0 aromatic heterocycles. The quantitative estimate of drug-likeness (QED) is 0.684. The van der Waals surface area contributed by atoms with Gasteiger partial charge in [-0.3, -0.25) is 9.00 Å². The van der Waals surface area contributed by atoms with Gasteiger partial charge < -0.3 is 11.5 Å². The van der Waals surface area contributed by atoms with Gasteiger partial charge in [-0.1, -0.05) is 13.8 Å². The maximum atomic E-state index is 11.7. The molecule has 1 aliphatic rings. The van der Waals surface area contributed by atoms with E-state index in [2.05, 4.69) is 13.8 Å². The van der Waals surface area contributed by atoms with Gasteiger partial charge >= 0.3 is 0 Å². The molecular weight excluding hydrogens is 200 g/mol. The molecule has 0 radical (unpaired) electrons. The Morgan fingerprint density at radius 2 is 2.14 bits per heavy atom. The van der Waals surface area contributed by atoms with Crippen molar-refractivity contribution in [3.05, 3.63) is 0 Å². The monoisotopic (exact) mass is 218 g/mol. The first-order chi connectivity index (χ1) is 6.34. The van der Waals surface area contributed by atoms with Crippen LogP contribution in [0.3, 0.4) is 0 Å². The van der Waals surface area contributed by atoms with Gasteiger partial charge in [-0.25, -0.2) is 0 Å². The van der Waals surface area contributed by atoms with Gasteiger partial charge in [-0.15, -0.1) is 0 Å². The largest absolute Gasteiger partial charge is 0.369 e. The van der Waals surface area contributed by atoms with Crippen LogP contribution in [0.25, 0.3) is 0 Å². The smallest absolute Gasteiger partial charge is 0.230 e. The zero-order valence-corrected chi connectivity index (χ0v) is 9.47. The minimum absolute atomic E-state index is 0.0258. The number of rotatable bonds is 3. The second-order valence-corrected chi connectivity index (χ2v) is 6.24. The molecule has 5 heteroatoms. The lowest BCUT2D eigenvalue weighted by atomic mass is 9.88. The molecule has 1 saturated carbocycles. The van der Waals surface area contributed by atoms with Crippen LogP contribution in [0.1, 0.15) is 26.7 Å². The van der Waals surface area contributed by atoms with Gasteiger partial charge in [-0.2, -0.15) is 0 Å². The maximum Gasteiger partial charge on any atom is 0.230 e. The highest BCUT2D eigenvalue weighted by Gasteiger charge is 2.42. The number of primary amides is 1. The van der Waals surface area contributed by atoms with Crippen LogP contribution in [-0.4, -0.2) is 27.2 Å². The minimum atomic E-state index is -1.20. The summed E-state index contributed by atoms with van der Waals surface area (Å²) in [7, 11) is -1.20. The zero-order valence-electron chi connectivity index (χ0n) is 8.66. The first-order valence-electron chi connectivity index (χ1n) is 4.75. The van der Waals surface area contributed by atoms with E-state index in [-0.39, 0.29) is 22.5 Å². The molecule has 82 valence electrons. The molecular formula is C9H18N2O2S. The topological polar surface area (TPSA) is 86.2 Å². The minimum Gasteiger partial charge on any atom is -0.369 e. The van der Waals surface area contributed by atoms with Crippen LogP contribution in [0.15, 0.2) is 0 Å². The predicted octanol–water partition coefficient (Wildman–Crippen LogP) is -0.264.